The van der Waals surface area contributed by atoms with E-state index in [0.717, 1.165) is 4.90 Å². The van der Waals surface area contributed by atoms with Gasteiger partial charge in [-0.25, -0.2) is 19.5 Å². The topological polar surface area (TPSA) is 107 Å². The Morgan fingerprint density at radius 3 is 2.70 bits per heavy atom. The van der Waals surface area contributed by atoms with E-state index in [9.17, 15) is 19.6 Å². The Bertz CT molecular complexity index is 1140. The number of hydrogen-bond donors (Lipinski definition) is 0. The molecule has 5 rings (SSSR count). The first-order valence-electron chi connectivity index (χ1n) is 9.83. The van der Waals surface area contributed by atoms with E-state index in [1.807, 2.05) is 6.07 Å². The molecule has 4 amide bonds. The van der Waals surface area contributed by atoms with Crippen LogP contribution in [0.2, 0.25) is 0 Å². The number of urea groups is 1. The first-order valence-corrected chi connectivity index (χ1v) is 9.83. The third-order valence-corrected chi connectivity index (χ3v) is 5.96. The Morgan fingerprint density at radius 2 is 2.00 bits per heavy atom. The summed E-state index contributed by atoms with van der Waals surface area (Å²) in [5.41, 5.74) is 0.585. The maximum atomic E-state index is 13.4. The second kappa shape index (κ2) is 6.42. The lowest BCUT2D eigenvalue weighted by Crippen LogP contribution is -2.55. The van der Waals surface area contributed by atoms with Gasteiger partial charge in [-0.05, 0) is 20.3 Å². The van der Waals surface area contributed by atoms with Gasteiger partial charge in [0, 0.05) is 17.3 Å². The molecule has 2 unspecified atom stereocenters. The van der Waals surface area contributed by atoms with Crippen LogP contribution in [0.25, 0.3) is 10.8 Å². The number of anilines is 1. The molecule has 30 heavy (non-hydrogen) atoms. The molecule has 2 bridgehead atoms. The molecular formula is C21H19N5O4. The molecule has 3 aliphatic rings. The molecule has 9 heteroatoms. The summed E-state index contributed by atoms with van der Waals surface area (Å²) in [5, 5.41) is 10.5. The average Bonchev–Trinajstić information content (AvgIpc) is 3.38. The van der Waals surface area contributed by atoms with Gasteiger partial charge >= 0.3 is 12.1 Å². The summed E-state index contributed by atoms with van der Waals surface area (Å²) in [4.78, 5) is 47.5. The van der Waals surface area contributed by atoms with Gasteiger partial charge in [0.15, 0.2) is 0 Å². The first-order chi connectivity index (χ1) is 14.4. The summed E-state index contributed by atoms with van der Waals surface area (Å²) in [6.07, 6.45) is 1.24. The minimum Gasteiger partial charge on any atom is -0.447 e. The summed E-state index contributed by atoms with van der Waals surface area (Å²) in [7, 11) is 0. The van der Waals surface area contributed by atoms with Crippen molar-refractivity contribution < 1.29 is 19.1 Å². The Balaban J connectivity index is 1.53. The molecule has 9 nitrogen and oxygen atoms in total. The number of benzene rings is 1. The number of carbonyl (C=O) groups is 3. The minimum atomic E-state index is -0.731. The maximum Gasteiger partial charge on any atom is 0.410 e. The predicted molar refractivity (Wildman–Crippen MR) is 105 cm³/mol. The number of amides is 4. The van der Waals surface area contributed by atoms with E-state index in [4.69, 9.17) is 4.74 Å². The van der Waals surface area contributed by atoms with Gasteiger partial charge in [-0.15, -0.1) is 0 Å². The third-order valence-electron chi connectivity index (χ3n) is 5.96. The normalized spacial score (nSPS) is 24.7. The fraction of sp³-hybridized carbons (Fsp3) is 0.381. The largest absolute Gasteiger partial charge is 0.447 e. The van der Waals surface area contributed by atoms with Gasteiger partial charge in [0.25, 0.3) is 5.91 Å². The molecule has 3 aliphatic heterocycles. The fourth-order valence-electron chi connectivity index (χ4n) is 4.80. The molecule has 0 saturated carbocycles. The van der Waals surface area contributed by atoms with Crippen molar-refractivity contribution in [1.82, 2.24) is 14.8 Å². The Labute approximate surface area is 172 Å². The molecule has 1 aromatic heterocycles. The second-order valence-corrected chi connectivity index (χ2v) is 8.00. The van der Waals surface area contributed by atoms with Gasteiger partial charge in [-0.1, -0.05) is 24.3 Å². The second-order valence-electron chi connectivity index (χ2n) is 8.00. The standard InChI is InChI=1S/C21H19N5O4/c1-11(2)30-21(29)24-10-12-7-16(24)18-19(27)26(20(28)25(12)18)17-9-23-15(8-22)13-5-3-4-6-14(13)17/h3-6,9,11-12,16,18H,7,10H2,1-2H3/t12?,16?,18-/m0/s1. The van der Waals surface area contributed by atoms with Crippen LogP contribution in [0.15, 0.2) is 30.5 Å². The summed E-state index contributed by atoms with van der Waals surface area (Å²) >= 11 is 0. The van der Waals surface area contributed by atoms with Gasteiger partial charge in [-0.3, -0.25) is 4.79 Å². The highest BCUT2D eigenvalue weighted by molar-refractivity contribution is 6.25. The van der Waals surface area contributed by atoms with Crippen LogP contribution in [0.4, 0.5) is 15.3 Å². The van der Waals surface area contributed by atoms with Crippen molar-refractivity contribution in [3.63, 3.8) is 0 Å². The van der Waals surface area contributed by atoms with Crippen LogP contribution in [-0.4, -0.2) is 63.6 Å². The molecule has 0 N–H and O–H groups in total. The van der Waals surface area contributed by atoms with Crippen molar-refractivity contribution in [2.45, 2.75) is 44.5 Å². The number of rotatable bonds is 2. The lowest BCUT2D eigenvalue weighted by Gasteiger charge is -2.34. The van der Waals surface area contributed by atoms with Crippen molar-refractivity contribution >= 4 is 34.5 Å². The highest BCUT2D eigenvalue weighted by atomic mass is 16.6. The summed E-state index contributed by atoms with van der Waals surface area (Å²) < 4.78 is 5.31. The number of nitrogens with zero attached hydrogens (tertiary/aromatic N) is 5. The summed E-state index contributed by atoms with van der Waals surface area (Å²) in [6.45, 7) is 3.90. The fourth-order valence-corrected chi connectivity index (χ4v) is 4.80. The van der Waals surface area contributed by atoms with Gasteiger partial charge in [0.05, 0.1) is 30.1 Å². The lowest BCUT2D eigenvalue weighted by atomic mass is 10.1. The number of piperazine rings is 1. The van der Waals surface area contributed by atoms with E-state index < -0.39 is 24.2 Å². The zero-order chi connectivity index (χ0) is 21.2. The molecule has 2 aromatic rings. The number of aromatic nitrogens is 1. The predicted octanol–water partition coefficient (Wildman–Crippen LogP) is 2.25. The first kappa shape index (κ1) is 18.4. The van der Waals surface area contributed by atoms with E-state index in [1.165, 1.54) is 6.20 Å². The number of likely N-dealkylation sites (tertiary alicyclic amines) is 1. The summed E-state index contributed by atoms with van der Waals surface area (Å²) in [6, 6.07) is 7.33. The number of fused-ring (bicyclic) bond motifs is 6. The number of carbonyl (C=O) groups excluding carboxylic acids is 3. The molecule has 0 aliphatic carbocycles. The van der Waals surface area contributed by atoms with E-state index in [-0.39, 0.29) is 23.7 Å². The van der Waals surface area contributed by atoms with Crippen molar-refractivity contribution in [2.24, 2.45) is 0 Å². The zero-order valence-corrected chi connectivity index (χ0v) is 16.5. The van der Waals surface area contributed by atoms with Gasteiger partial charge in [0.2, 0.25) is 0 Å². The SMILES string of the molecule is CC(C)OC(=O)N1CC2CC1[C@H]1C(=O)N(c3cnc(C#N)c4ccccc34)C(=O)N21. The molecule has 3 atom stereocenters. The van der Waals surface area contributed by atoms with Gasteiger partial charge in [-0.2, -0.15) is 5.26 Å². The van der Waals surface area contributed by atoms with Crippen LogP contribution in [-0.2, 0) is 9.53 Å². The third kappa shape index (κ3) is 2.40. The van der Waals surface area contributed by atoms with E-state index in [0.29, 0.717) is 29.4 Å². The number of imide groups is 1. The molecular weight excluding hydrogens is 386 g/mol. The van der Waals surface area contributed by atoms with Crippen molar-refractivity contribution in [3.05, 3.63) is 36.2 Å². The number of hydrogen-bond acceptors (Lipinski definition) is 6. The Morgan fingerprint density at radius 1 is 1.27 bits per heavy atom. The van der Waals surface area contributed by atoms with Crippen LogP contribution in [0.1, 0.15) is 26.0 Å². The van der Waals surface area contributed by atoms with E-state index in [2.05, 4.69) is 4.98 Å². The van der Waals surface area contributed by atoms with E-state index >= 15 is 0 Å². The van der Waals surface area contributed by atoms with Crippen LogP contribution in [0.5, 0.6) is 0 Å². The van der Waals surface area contributed by atoms with Crippen LogP contribution < -0.4 is 4.90 Å². The van der Waals surface area contributed by atoms with Crippen LogP contribution >= 0.6 is 0 Å². The van der Waals surface area contributed by atoms with Crippen molar-refractivity contribution in [2.75, 3.05) is 11.4 Å². The number of nitriles is 1. The molecule has 4 heterocycles. The van der Waals surface area contributed by atoms with Crippen molar-refractivity contribution in [1.29, 1.82) is 5.26 Å². The lowest BCUT2D eigenvalue weighted by molar-refractivity contribution is -0.121. The van der Waals surface area contributed by atoms with Crippen LogP contribution in [0, 0.1) is 11.3 Å². The number of pyridine rings is 1. The molecule has 1 aromatic carbocycles. The molecule has 152 valence electrons. The highest BCUT2D eigenvalue weighted by Crippen LogP contribution is 2.43. The molecule has 3 fully saturated rings. The summed E-state index contributed by atoms with van der Waals surface area (Å²) in [5.74, 6) is -0.383. The minimum absolute atomic E-state index is 0.223. The Kier molecular flexibility index (Phi) is 3.93. The molecule has 0 spiro atoms. The molecule has 3 saturated heterocycles. The zero-order valence-electron chi connectivity index (χ0n) is 16.5. The average molecular weight is 405 g/mol. The maximum absolute atomic E-state index is 13.4. The number of ether oxygens (including phenoxy) is 1. The Hall–Kier alpha value is -3.67. The van der Waals surface area contributed by atoms with Gasteiger partial charge < -0.3 is 14.5 Å². The van der Waals surface area contributed by atoms with E-state index in [1.54, 1.807) is 47.9 Å². The van der Waals surface area contributed by atoms with Gasteiger partial charge in [0.1, 0.15) is 17.8 Å². The monoisotopic (exact) mass is 405 g/mol. The van der Waals surface area contributed by atoms with Crippen molar-refractivity contribution in [3.8, 4) is 6.07 Å². The van der Waals surface area contributed by atoms with Crippen LogP contribution in [0.3, 0.4) is 0 Å². The smallest absolute Gasteiger partial charge is 0.410 e. The highest BCUT2D eigenvalue weighted by Gasteiger charge is 2.63. The molecule has 0 radical (unpaired) electrons. The quantitative estimate of drug-likeness (QED) is 0.710.